The molecule has 0 spiro atoms. The molecule has 4 nitrogen and oxygen atoms in total. The van der Waals surface area contributed by atoms with Crippen LogP contribution in [-0.4, -0.2) is 20.5 Å². The summed E-state index contributed by atoms with van der Waals surface area (Å²) in [6.45, 7) is 2.80. The van der Waals surface area contributed by atoms with Crippen molar-refractivity contribution in [3.8, 4) is 5.69 Å². The van der Waals surface area contributed by atoms with E-state index in [1.807, 2.05) is 24.3 Å². The summed E-state index contributed by atoms with van der Waals surface area (Å²) < 4.78 is 2.23. The zero-order valence-electron chi connectivity index (χ0n) is 19.1. The zero-order chi connectivity index (χ0) is 22.2. The summed E-state index contributed by atoms with van der Waals surface area (Å²) in [5.74, 6) is 1.95. The molecule has 0 amide bonds. The number of unbranched alkanes of at least 4 members (excludes halogenated alkanes) is 8. The van der Waals surface area contributed by atoms with Crippen LogP contribution in [0.4, 0.5) is 0 Å². The lowest BCUT2D eigenvalue weighted by molar-refractivity contribution is 0.561. The van der Waals surface area contributed by atoms with E-state index in [1.165, 1.54) is 51.4 Å². The first-order chi connectivity index (χ1) is 15.8. The molecule has 0 N–H and O–H groups in total. The molecule has 0 fully saturated rings. The Bertz CT molecular complexity index is 1040. The van der Waals surface area contributed by atoms with E-state index in [0.717, 1.165) is 52.0 Å². The fraction of sp³-hybridized carbons (Fsp3) is 0.444. The third-order valence-corrected chi connectivity index (χ3v) is 6.45. The van der Waals surface area contributed by atoms with Crippen LogP contribution in [0.25, 0.3) is 5.69 Å². The van der Waals surface area contributed by atoms with Crippen molar-refractivity contribution in [1.82, 2.24) is 14.8 Å². The summed E-state index contributed by atoms with van der Waals surface area (Å²) in [4.78, 5) is 4.92. The Labute approximate surface area is 196 Å². The van der Waals surface area contributed by atoms with Crippen LogP contribution in [0.1, 0.15) is 87.5 Å². The van der Waals surface area contributed by atoms with Gasteiger partial charge in [0.25, 0.3) is 0 Å². The van der Waals surface area contributed by atoms with E-state index in [0.29, 0.717) is 6.54 Å². The Hall–Kier alpha value is -2.46. The quantitative estimate of drug-likeness (QED) is 0.288. The second-order valence-corrected chi connectivity index (χ2v) is 9.07. The minimum Gasteiger partial charge on any atom is -0.281 e. The molecule has 0 aliphatic carbocycles. The Balaban J connectivity index is 1.44. The molecule has 4 rings (SSSR count). The first-order valence-electron chi connectivity index (χ1n) is 12.1. The molecule has 32 heavy (non-hydrogen) atoms. The fourth-order valence-electron chi connectivity index (χ4n) is 4.45. The molecule has 0 saturated heterocycles. The van der Waals surface area contributed by atoms with Crippen LogP contribution in [-0.2, 0) is 13.0 Å². The molecular formula is C27H33ClN4. The van der Waals surface area contributed by atoms with Gasteiger partial charge in [-0.2, -0.15) is 0 Å². The topological polar surface area (TPSA) is 43.1 Å². The zero-order valence-corrected chi connectivity index (χ0v) is 19.8. The van der Waals surface area contributed by atoms with E-state index < -0.39 is 0 Å². The first-order valence-corrected chi connectivity index (χ1v) is 12.5. The standard InChI is InChI=1S/C27H33ClN4/c1-2-3-4-5-6-7-8-9-10-15-25-30-31-26-20-29-27(21-16-18-22(28)19-17-21)23-13-11-12-14-24(23)32(25)26/h11-14,16-19H,2-10,15,20H2,1H3. The van der Waals surface area contributed by atoms with Crippen molar-refractivity contribution in [2.24, 2.45) is 4.99 Å². The Morgan fingerprint density at radius 2 is 1.50 bits per heavy atom. The maximum atomic E-state index is 6.11. The number of rotatable bonds is 11. The molecule has 0 bridgehead atoms. The number of nitrogens with zero attached hydrogens (tertiary/aromatic N) is 4. The molecular weight excluding hydrogens is 416 g/mol. The van der Waals surface area contributed by atoms with E-state index in [2.05, 4.69) is 46.0 Å². The highest BCUT2D eigenvalue weighted by molar-refractivity contribution is 6.30. The lowest BCUT2D eigenvalue weighted by atomic mass is 10.0. The fourth-order valence-corrected chi connectivity index (χ4v) is 4.57. The van der Waals surface area contributed by atoms with Gasteiger partial charge < -0.3 is 0 Å². The number of fused-ring (bicyclic) bond motifs is 3. The van der Waals surface area contributed by atoms with Gasteiger partial charge in [-0.15, -0.1) is 10.2 Å². The highest BCUT2D eigenvalue weighted by Crippen LogP contribution is 2.27. The van der Waals surface area contributed by atoms with E-state index in [1.54, 1.807) is 0 Å². The van der Waals surface area contributed by atoms with Crippen molar-refractivity contribution in [1.29, 1.82) is 0 Å². The van der Waals surface area contributed by atoms with E-state index in [-0.39, 0.29) is 0 Å². The van der Waals surface area contributed by atoms with E-state index >= 15 is 0 Å². The molecule has 1 aromatic heterocycles. The molecule has 2 heterocycles. The molecule has 3 aromatic rings. The molecule has 168 valence electrons. The molecule has 0 saturated carbocycles. The van der Waals surface area contributed by atoms with Gasteiger partial charge in [-0.3, -0.25) is 9.56 Å². The molecule has 1 aliphatic rings. The van der Waals surface area contributed by atoms with Crippen molar-refractivity contribution in [3.05, 3.63) is 76.3 Å². The van der Waals surface area contributed by atoms with Crippen molar-refractivity contribution in [2.45, 2.75) is 77.7 Å². The predicted octanol–water partition coefficient (Wildman–Crippen LogP) is 7.35. The lowest BCUT2D eigenvalue weighted by Gasteiger charge is -2.13. The summed E-state index contributed by atoms with van der Waals surface area (Å²) in [7, 11) is 0. The second-order valence-electron chi connectivity index (χ2n) is 8.64. The van der Waals surface area contributed by atoms with E-state index in [4.69, 9.17) is 16.6 Å². The monoisotopic (exact) mass is 448 g/mol. The van der Waals surface area contributed by atoms with Crippen molar-refractivity contribution >= 4 is 17.3 Å². The summed E-state index contributed by atoms with van der Waals surface area (Å²) in [5, 5.41) is 9.77. The molecule has 0 radical (unpaired) electrons. The molecule has 1 aliphatic heterocycles. The number of benzene rings is 2. The van der Waals surface area contributed by atoms with Crippen molar-refractivity contribution in [3.63, 3.8) is 0 Å². The normalized spacial score (nSPS) is 12.8. The predicted molar refractivity (Wildman–Crippen MR) is 133 cm³/mol. The number of hydrogen-bond acceptors (Lipinski definition) is 3. The van der Waals surface area contributed by atoms with Crippen LogP contribution < -0.4 is 0 Å². The third kappa shape index (κ3) is 5.47. The van der Waals surface area contributed by atoms with Gasteiger partial charge in [-0.25, -0.2) is 0 Å². The smallest absolute Gasteiger partial charge is 0.159 e. The van der Waals surface area contributed by atoms with Crippen LogP contribution in [0.2, 0.25) is 5.02 Å². The number of aromatic nitrogens is 3. The highest BCUT2D eigenvalue weighted by atomic mass is 35.5. The lowest BCUT2D eigenvalue weighted by Crippen LogP contribution is -2.09. The first kappa shape index (κ1) is 22.7. The van der Waals surface area contributed by atoms with Crippen LogP contribution in [0.3, 0.4) is 0 Å². The van der Waals surface area contributed by atoms with Crippen LogP contribution in [0.5, 0.6) is 0 Å². The second kappa shape index (κ2) is 11.4. The summed E-state index contributed by atoms with van der Waals surface area (Å²) >= 11 is 6.11. The Kier molecular flexibility index (Phi) is 8.11. The minimum atomic E-state index is 0.525. The number of aryl methyl sites for hydroxylation is 1. The van der Waals surface area contributed by atoms with Crippen LogP contribution >= 0.6 is 11.6 Å². The van der Waals surface area contributed by atoms with Crippen LogP contribution in [0.15, 0.2) is 53.5 Å². The summed E-state index contributed by atoms with van der Waals surface area (Å²) in [6, 6.07) is 16.3. The number of aliphatic imine (C=N–C) groups is 1. The molecule has 5 heteroatoms. The number of halogens is 1. The van der Waals surface area contributed by atoms with Gasteiger partial charge in [0.15, 0.2) is 5.82 Å². The average molecular weight is 449 g/mol. The SMILES string of the molecule is CCCCCCCCCCCc1nnc2n1-c1ccccc1C(c1ccc(Cl)cc1)=NC2. The van der Waals surface area contributed by atoms with Gasteiger partial charge in [-0.05, 0) is 24.6 Å². The number of para-hydroxylation sites is 1. The van der Waals surface area contributed by atoms with E-state index in [9.17, 15) is 0 Å². The maximum Gasteiger partial charge on any atom is 0.159 e. The maximum absolute atomic E-state index is 6.11. The number of hydrogen-bond donors (Lipinski definition) is 0. The van der Waals surface area contributed by atoms with Gasteiger partial charge in [0.05, 0.1) is 11.4 Å². The largest absolute Gasteiger partial charge is 0.281 e. The minimum absolute atomic E-state index is 0.525. The van der Waals surface area contributed by atoms with Crippen LogP contribution in [0, 0.1) is 0 Å². The molecule has 2 aromatic carbocycles. The molecule has 0 atom stereocenters. The van der Waals surface area contributed by atoms with Crippen molar-refractivity contribution in [2.75, 3.05) is 0 Å². The third-order valence-electron chi connectivity index (χ3n) is 6.20. The Morgan fingerprint density at radius 1 is 0.812 bits per heavy atom. The van der Waals surface area contributed by atoms with Gasteiger partial charge in [0.2, 0.25) is 0 Å². The Morgan fingerprint density at radius 3 is 2.25 bits per heavy atom. The van der Waals surface area contributed by atoms with Gasteiger partial charge >= 0.3 is 0 Å². The molecule has 0 unspecified atom stereocenters. The summed E-state index contributed by atoms with van der Waals surface area (Å²) in [6.07, 6.45) is 12.9. The van der Waals surface area contributed by atoms with Gasteiger partial charge in [-0.1, -0.05) is 100 Å². The van der Waals surface area contributed by atoms with Crippen molar-refractivity contribution < 1.29 is 0 Å². The van der Waals surface area contributed by atoms with Gasteiger partial charge in [0, 0.05) is 22.6 Å². The average Bonchev–Trinajstić information content (AvgIpc) is 3.14. The summed E-state index contributed by atoms with van der Waals surface area (Å²) in [5.41, 5.74) is 4.28. The van der Waals surface area contributed by atoms with Gasteiger partial charge in [0.1, 0.15) is 12.4 Å². The highest BCUT2D eigenvalue weighted by Gasteiger charge is 2.22.